The first-order valence-electron chi connectivity index (χ1n) is 5.90. The molecule has 4 nitrogen and oxygen atoms in total. The smallest absolute Gasteiger partial charge is 0.195 e. The van der Waals surface area contributed by atoms with Crippen LogP contribution in [0.1, 0.15) is 39.4 Å². The number of aromatic amines is 1. The van der Waals surface area contributed by atoms with E-state index in [-0.39, 0.29) is 0 Å². The summed E-state index contributed by atoms with van der Waals surface area (Å²) in [5.41, 5.74) is 0. The summed E-state index contributed by atoms with van der Waals surface area (Å²) in [5.74, 6) is 1.04. The van der Waals surface area contributed by atoms with Crippen molar-refractivity contribution in [3.05, 3.63) is 10.6 Å². The summed E-state index contributed by atoms with van der Waals surface area (Å²) < 4.78 is 8.29. The second-order valence-corrected chi connectivity index (χ2v) is 4.46. The largest absolute Gasteiger partial charge is 0.379 e. The van der Waals surface area contributed by atoms with Gasteiger partial charge in [0, 0.05) is 19.6 Å². The van der Waals surface area contributed by atoms with Crippen molar-refractivity contribution in [1.29, 1.82) is 0 Å². The maximum Gasteiger partial charge on any atom is 0.195 e. The topological polar surface area (TPSA) is 42.8 Å². The molecule has 0 amide bonds. The van der Waals surface area contributed by atoms with Crippen LogP contribution in [0, 0.1) is 4.77 Å². The first-order chi connectivity index (χ1) is 7.65. The molecule has 0 fully saturated rings. The molecule has 0 bridgehead atoms. The summed E-state index contributed by atoms with van der Waals surface area (Å²) in [4.78, 5) is 0. The fourth-order valence-corrected chi connectivity index (χ4v) is 1.78. The highest BCUT2D eigenvalue weighted by atomic mass is 32.1. The minimum atomic E-state index is 0.322. The van der Waals surface area contributed by atoms with E-state index in [9.17, 15) is 0 Å². The molecule has 1 aromatic rings. The molecule has 1 rings (SSSR count). The average Bonchev–Trinajstić information content (AvgIpc) is 2.59. The molecule has 1 aromatic heterocycles. The zero-order valence-electron chi connectivity index (χ0n) is 10.3. The van der Waals surface area contributed by atoms with E-state index in [1.165, 1.54) is 0 Å². The highest BCUT2D eigenvalue weighted by Gasteiger charge is 2.03. The Bertz CT molecular complexity index is 356. The van der Waals surface area contributed by atoms with E-state index >= 15 is 0 Å². The minimum Gasteiger partial charge on any atom is -0.379 e. The van der Waals surface area contributed by atoms with Gasteiger partial charge < -0.3 is 9.30 Å². The van der Waals surface area contributed by atoms with Gasteiger partial charge in [-0.05, 0) is 38.9 Å². The number of hydrogen-bond acceptors (Lipinski definition) is 3. The first-order valence-corrected chi connectivity index (χ1v) is 6.31. The number of ether oxygens (including phenoxy) is 1. The predicted octanol–water partition coefficient (Wildman–Crippen LogP) is 2.71. The summed E-state index contributed by atoms with van der Waals surface area (Å²) in [7, 11) is 0. The number of rotatable bonds is 7. The summed E-state index contributed by atoms with van der Waals surface area (Å²) in [6.07, 6.45) is 3.37. The molecule has 0 saturated carbocycles. The van der Waals surface area contributed by atoms with Gasteiger partial charge in [0.15, 0.2) is 4.77 Å². The Balaban J connectivity index is 2.31. The molecule has 0 aromatic carbocycles. The minimum absolute atomic E-state index is 0.322. The SMILES string of the molecule is CCc1n[nH]c(=S)n1CCCCOC(C)C. The van der Waals surface area contributed by atoms with Crippen LogP contribution in [0.25, 0.3) is 0 Å². The molecule has 0 aliphatic rings. The third-order valence-corrected chi connectivity index (χ3v) is 2.69. The molecule has 0 aliphatic carbocycles. The van der Waals surface area contributed by atoms with Gasteiger partial charge in [-0.2, -0.15) is 5.10 Å². The van der Waals surface area contributed by atoms with Crippen molar-refractivity contribution in [1.82, 2.24) is 14.8 Å². The third kappa shape index (κ3) is 4.06. The van der Waals surface area contributed by atoms with E-state index in [2.05, 4.69) is 35.5 Å². The van der Waals surface area contributed by atoms with Crippen molar-refractivity contribution in [3.8, 4) is 0 Å². The molecule has 0 spiro atoms. The molecule has 0 saturated heterocycles. The zero-order chi connectivity index (χ0) is 12.0. The lowest BCUT2D eigenvalue weighted by Crippen LogP contribution is -2.07. The van der Waals surface area contributed by atoms with Gasteiger partial charge in [-0.3, -0.25) is 5.10 Å². The number of hydrogen-bond donors (Lipinski definition) is 1. The fourth-order valence-electron chi connectivity index (χ4n) is 1.54. The number of H-pyrrole nitrogens is 1. The number of nitrogens with one attached hydrogen (secondary N) is 1. The van der Waals surface area contributed by atoms with E-state index in [0.29, 0.717) is 6.10 Å². The maximum absolute atomic E-state index is 5.49. The van der Waals surface area contributed by atoms with Gasteiger partial charge >= 0.3 is 0 Å². The molecule has 16 heavy (non-hydrogen) atoms. The lowest BCUT2D eigenvalue weighted by Gasteiger charge is -2.08. The number of unbranched alkanes of at least 4 members (excludes halogenated alkanes) is 1. The molecule has 0 atom stereocenters. The molecular weight excluding hydrogens is 222 g/mol. The highest BCUT2D eigenvalue weighted by Crippen LogP contribution is 2.03. The van der Waals surface area contributed by atoms with Crippen LogP contribution in [-0.4, -0.2) is 27.5 Å². The van der Waals surface area contributed by atoms with Crippen molar-refractivity contribution in [3.63, 3.8) is 0 Å². The van der Waals surface area contributed by atoms with Crippen molar-refractivity contribution in [2.45, 2.75) is 52.7 Å². The maximum atomic E-state index is 5.49. The Morgan fingerprint density at radius 3 is 2.81 bits per heavy atom. The molecule has 1 N–H and O–H groups in total. The predicted molar refractivity (Wildman–Crippen MR) is 67.1 cm³/mol. The van der Waals surface area contributed by atoms with Gasteiger partial charge in [0.2, 0.25) is 0 Å². The van der Waals surface area contributed by atoms with Crippen LogP contribution in [0.3, 0.4) is 0 Å². The van der Waals surface area contributed by atoms with Gasteiger partial charge in [-0.25, -0.2) is 0 Å². The molecule has 0 aliphatic heterocycles. The summed E-state index contributed by atoms with van der Waals surface area (Å²) >= 11 is 5.17. The van der Waals surface area contributed by atoms with Crippen LogP contribution < -0.4 is 0 Å². The normalized spacial score (nSPS) is 11.2. The number of aromatic nitrogens is 3. The number of aryl methyl sites for hydroxylation is 1. The Morgan fingerprint density at radius 1 is 1.44 bits per heavy atom. The van der Waals surface area contributed by atoms with Crippen LogP contribution in [0.5, 0.6) is 0 Å². The third-order valence-electron chi connectivity index (χ3n) is 2.38. The molecule has 5 heteroatoms. The molecule has 0 unspecified atom stereocenters. The first kappa shape index (κ1) is 13.4. The fraction of sp³-hybridized carbons (Fsp3) is 0.818. The van der Waals surface area contributed by atoms with Crippen molar-refractivity contribution >= 4 is 12.2 Å². The van der Waals surface area contributed by atoms with Crippen molar-refractivity contribution in [2.24, 2.45) is 0 Å². The highest BCUT2D eigenvalue weighted by molar-refractivity contribution is 7.71. The van der Waals surface area contributed by atoms with Gasteiger partial charge in [0.05, 0.1) is 6.10 Å². The van der Waals surface area contributed by atoms with Crippen molar-refractivity contribution in [2.75, 3.05) is 6.61 Å². The van der Waals surface area contributed by atoms with Crippen LogP contribution in [0.4, 0.5) is 0 Å². The van der Waals surface area contributed by atoms with Crippen LogP contribution in [-0.2, 0) is 17.7 Å². The van der Waals surface area contributed by atoms with E-state index in [1.807, 2.05) is 0 Å². The van der Waals surface area contributed by atoms with E-state index in [4.69, 9.17) is 17.0 Å². The van der Waals surface area contributed by atoms with E-state index in [0.717, 1.165) is 43.0 Å². The molecular formula is C11H21N3OS. The summed E-state index contributed by atoms with van der Waals surface area (Å²) in [6.45, 7) is 7.95. The Kier molecular flexibility index (Phi) is 5.69. The lowest BCUT2D eigenvalue weighted by molar-refractivity contribution is 0.0754. The van der Waals surface area contributed by atoms with E-state index < -0.39 is 0 Å². The Hall–Kier alpha value is -0.680. The van der Waals surface area contributed by atoms with Crippen molar-refractivity contribution < 1.29 is 4.74 Å². The molecule has 92 valence electrons. The van der Waals surface area contributed by atoms with Gasteiger partial charge in [0.25, 0.3) is 0 Å². The number of nitrogens with zero attached hydrogens (tertiary/aromatic N) is 2. The van der Waals surface area contributed by atoms with Crippen LogP contribution >= 0.6 is 12.2 Å². The molecule has 1 heterocycles. The van der Waals surface area contributed by atoms with Gasteiger partial charge in [-0.1, -0.05) is 6.92 Å². The van der Waals surface area contributed by atoms with Crippen LogP contribution in [0.2, 0.25) is 0 Å². The second kappa shape index (κ2) is 6.81. The van der Waals surface area contributed by atoms with Gasteiger partial charge in [0.1, 0.15) is 5.82 Å². The lowest BCUT2D eigenvalue weighted by atomic mass is 10.3. The summed E-state index contributed by atoms with van der Waals surface area (Å²) in [5, 5.41) is 7.01. The molecule has 0 radical (unpaired) electrons. The Morgan fingerprint density at radius 2 is 2.19 bits per heavy atom. The summed E-state index contributed by atoms with van der Waals surface area (Å²) in [6, 6.07) is 0. The Labute approximate surface area is 102 Å². The standard InChI is InChI=1S/C11H21N3OS/c1-4-10-12-13-11(16)14(10)7-5-6-8-15-9(2)3/h9H,4-8H2,1-3H3,(H,13,16). The van der Waals surface area contributed by atoms with Crippen LogP contribution in [0.15, 0.2) is 0 Å². The monoisotopic (exact) mass is 243 g/mol. The quantitative estimate of drug-likeness (QED) is 0.591. The van der Waals surface area contributed by atoms with E-state index in [1.54, 1.807) is 0 Å². The second-order valence-electron chi connectivity index (χ2n) is 4.08. The zero-order valence-corrected chi connectivity index (χ0v) is 11.1. The van der Waals surface area contributed by atoms with Gasteiger partial charge in [-0.15, -0.1) is 0 Å². The average molecular weight is 243 g/mol.